The van der Waals surface area contributed by atoms with E-state index in [4.69, 9.17) is 30.5 Å². The second kappa shape index (κ2) is 26.8. The number of hydrogen-bond donors (Lipinski definition) is 4. The summed E-state index contributed by atoms with van der Waals surface area (Å²) in [4.78, 5) is 58.5. The summed E-state index contributed by atoms with van der Waals surface area (Å²) in [5.41, 5.74) is 2.37. The molecule has 0 spiro atoms. The van der Waals surface area contributed by atoms with Gasteiger partial charge in [0, 0.05) is 49.4 Å². The van der Waals surface area contributed by atoms with Gasteiger partial charge in [-0.25, -0.2) is 4.79 Å². The number of esters is 1. The van der Waals surface area contributed by atoms with E-state index >= 15 is 0 Å². The van der Waals surface area contributed by atoms with Crippen molar-refractivity contribution in [1.29, 1.82) is 0 Å². The van der Waals surface area contributed by atoms with Crippen LogP contribution in [0.25, 0.3) is 0 Å². The number of hydrogen-bond acceptors (Lipinski definition) is 12. The van der Waals surface area contributed by atoms with Crippen molar-refractivity contribution < 1.29 is 53.4 Å². The molecule has 0 radical (unpaired) electrons. The summed E-state index contributed by atoms with van der Waals surface area (Å²) < 4.78 is 24.1. The van der Waals surface area contributed by atoms with Gasteiger partial charge >= 0.3 is 5.97 Å². The van der Waals surface area contributed by atoms with E-state index in [2.05, 4.69) is 12.2 Å². The Kier molecular flexibility index (Phi) is 21.9. The number of allylic oxidation sites excluding steroid dienone is 6. The minimum Gasteiger partial charge on any atom is -0.461 e. The number of anilines is 1. The average Bonchev–Trinajstić information content (AvgIpc) is 3.33. The lowest BCUT2D eigenvalue weighted by molar-refractivity contribution is -0.263. The van der Waals surface area contributed by atoms with E-state index < -0.39 is 65.9 Å². The first-order valence-electron chi connectivity index (χ1n) is 25.9. The zero-order valence-corrected chi connectivity index (χ0v) is 43.9. The van der Waals surface area contributed by atoms with Crippen molar-refractivity contribution in [2.45, 2.75) is 186 Å². The van der Waals surface area contributed by atoms with E-state index in [-0.39, 0.29) is 54.1 Å². The van der Waals surface area contributed by atoms with Gasteiger partial charge in [-0.1, -0.05) is 88.2 Å². The van der Waals surface area contributed by atoms with Crippen LogP contribution in [-0.2, 0) is 38.1 Å². The molecule has 0 aromatic heterocycles. The number of piperidine rings is 1. The molecule has 5 rings (SSSR count). The summed E-state index contributed by atoms with van der Waals surface area (Å²) in [5, 5.41) is 38.4. The van der Waals surface area contributed by atoms with Crippen LogP contribution in [0, 0.1) is 35.5 Å². The van der Waals surface area contributed by atoms with Crippen molar-refractivity contribution >= 4 is 40.7 Å². The van der Waals surface area contributed by atoms with Gasteiger partial charge in [-0.05, 0) is 151 Å². The van der Waals surface area contributed by atoms with Crippen molar-refractivity contribution in [2.24, 2.45) is 35.5 Å². The van der Waals surface area contributed by atoms with Crippen molar-refractivity contribution in [3.05, 3.63) is 76.9 Å². The maximum Gasteiger partial charge on any atom is 0.329 e. The number of methoxy groups -OCH3 is 2. The van der Waals surface area contributed by atoms with Gasteiger partial charge in [-0.2, -0.15) is 0 Å². The third-order valence-corrected chi connectivity index (χ3v) is 15.7. The number of halogens is 1. The molecular weight excluding hydrogens is 912 g/mol. The number of benzene rings is 1. The Morgan fingerprint density at radius 3 is 2.27 bits per heavy atom. The molecule has 3 heterocycles. The third kappa shape index (κ3) is 15.4. The van der Waals surface area contributed by atoms with Crippen LogP contribution in [0.1, 0.15) is 132 Å². The van der Waals surface area contributed by atoms with Crippen LogP contribution < -0.4 is 5.32 Å². The minimum atomic E-state index is -2.41. The Morgan fingerprint density at radius 1 is 0.843 bits per heavy atom. The minimum absolute atomic E-state index is 0.0471. The number of amides is 1. The summed E-state index contributed by atoms with van der Waals surface area (Å²) in [6.45, 7) is 13.6. The quantitative estimate of drug-likeness (QED) is 0.116. The predicted octanol–water partition coefficient (Wildman–Crippen LogP) is 9.12. The predicted molar refractivity (Wildman–Crippen MR) is 273 cm³/mol. The highest BCUT2D eigenvalue weighted by molar-refractivity contribution is 6.39. The van der Waals surface area contributed by atoms with Crippen molar-refractivity contribution in [1.82, 2.24) is 4.90 Å². The van der Waals surface area contributed by atoms with Gasteiger partial charge in [0.05, 0.1) is 18.3 Å². The van der Waals surface area contributed by atoms with Gasteiger partial charge in [-0.3, -0.25) is 14.4 Å². The molecule has 15 atom stereocenters. The summed E-state index contributed by atoms with van der Waals surface area (Å²) >= 11 is 6.22. The van der Waals surface area contributed by atoms with Crippen LogP contribution in [-0.4, -0.2) is 119 Å². The van der Waals surface area contributed by atoms with E-state index in [1.165, 1.54) is 12.0 Å². The Labute approximate surface area is 422 Å². The number of aliphatic hydroxyl groups is 3. The van der Waals surface area contributed by atoms with E-state index in [1.54, 1.807) is 33.1 Å². The average molecular weight is 996 g/mol. The first-order chi connectivity index (χ1) is 33.3. The standard InChI is InChI=1S/C56H83ClN2O11/c1-34-15-11-10-12-16-36(3)45(58-43-23-21-42(57)22-24-43)33-44-25-19-40(7)56(66,70-44)53(63)54(64)59-28-14-13-17-46(59)55(65)69-48(37(4)31-41-20-26-47(60)49(32-41)67-8)27-18-35(2)30-39(6)51(62)52(68-9)50(61)38(5)29-34/h10-12,15-16,21-24,30,34-35,37-38,40-41,44-49,51-52,58,60,62,66H,13-14,17-20,25-29,31-33H2,1-9H3/b12-10+,15-11+,36-16+,39-30+/t34-,35+,37-,38-,40-,41-,44+,45?,46+,47-,48+,49-,51-,52+,56-/m1/s1. The molecule has 2 bridgehead atoms. The largest absolute Gasteiger partial charge is 0.461 e. The van der Waals surface area contributed by atoms with Gasteiger partial charge < -0.3 is 44.5 Å². The summed E-state index contributed by atoms with van der Waals surface area (Å²) in [6.07, 6.45) is 14.9. The van der Waals surface area contributed by atoms with Gasteiger partial charge in [0.1, 0.15) is 24.4 Å². The Hall–Kier alpha value is -3.69. The maximum absolute atomic E-state index is 14.5. The molecule has 4 aliphatic rings. The zero-order valence-electron chi connectivity index (χ0n) is 43.2. The normalized spacial score (nSPS) is 38.2. The molecule has 70 heavy (non-hydrogen) atoms. The van der Waals surface area contributed by atoms with Crippen LogP contribution in [0.15, 0.2) is 71.9 Å². The van der Waals surface area contributed by atoms with Crippen LogP contribution >= 0.6 is 11.6 Å². The second-order valence-corrected chi connectivity index (χ2v) is 21.6. The van der Waals surface area contributed by atoms with E-state index in [0.717, 1.165) is 17.7 Å². The molecule has 1 amide bonds. The SMILES string of the molecule is CO[C@@H]1C[C@@H](C[C@@H](C)[C@@H]2CC[C@H](C)/C=C(\C)[C@@H](O)[C@@H](OC)C(=O)[C@H](C)C[C@H](C)/C=C/C=C/C=C(\C)C(Nc3ccc(Cl)cc3)C[C@@H]3CC[C@@H](C)[C@@](O)(O3)C(=O)C(=O)N3CCCC[C@H]3C(=O)O2)CC[C@H]1O. The number of carbonyl (C=O) groups is 4. The smallest absolute Gasteiger partial charge is 0.329 e. The highest BCUT2D eigenvalue weighted by atomic mass is 35.5. The molecule has 390 valence electrons. The van der Waals surface area contributed by atoms with E-state index in [0.29, 0.717) is 87.6 Å². The fraction of sp³-hybridized carbons (Fsp3) is 0.679. The number of ketones is 2. The molecule has 1 unspecified atom stereocenters. The van der Waals surface area contributed by atoms with E-state index in [9.17, 15) is 34.5 Å². The van der Waals surface area contributed by atoms with Crippen molar-refractivity contribution in [2.75, 3.05) is 26.1 Å². The first-order valence-corrected chi connectivity index (χ1v) is 26.3. The Balaban J connectivity index is 1.48. The molecule has 3 fully saturated rings. The maximum atomic E-state index is 14.5. The van der Waals surface area contributed by atoms with Gasteiger partial charge in [0.2, 0.25) is 5.79 Å². The number of cyclic esters (lactones) is 1. The molecule has 2 saturated heterocycles. The Bertz CT molecular complexity index is 2020. The summed E-state index contributed by atoms with van der Waals surface area (Å²) in [6, 6.07) is 5.99. The number of aliphatic hydroxyl groups excluding tert-OH is 2. The Morgan fingerprint density at radius 2 is 1.57 bits per heavy atom. The van der Waals surface area contributed by atoms with Crippen LogP contribution in [0.5, 0.6) is 0 Å². The zero-order chi connectivity index (χ0) is 51.3. The number of fused-ring (bicyclic) bond motifs is 3. The fourth-order valence-corrected chi connectivity index (χ4v) is 11.1. The number of rotatable bonds is 7. The molecule has 1 aromatic carbocycles. The second-order valence-electron chi connectivity index (χ2n) is 21.2. The lowest BCUT2D eigenvalue weighted by Crippen LogP contribution is -2.61. The molecule has 1 aliphatic carbocycles. The fourth-order valence-electron chi connectivity index (χ4n) is 11.0. The number of nitrogens with zero attached hydrogens (tertiary/aromatic N) is 1. The number of ether oxygens (including phenoxy) is 4. The van der Waals surface area contributed by atoms with Gasteiger partial charge in [0.25, 0.3) is 11.7 Å². The molecule has 3 aliphatic heterocycles. The van der Waals surface area contributed by atoms with E-state index in [1.807, 2.05) is 76.3 Å². The number of nitrogens with one attached hydrogen (secondary N) is 1. The molecule has 13 nitrogen and oxygen atoms in total. The molecule has 4 N–H and O–H groups in total. The highest BCUT2D eigenvalue weighted by Gasteiger charge is 2.53. The summed E-state index contributed by atoms with van der Waals surface area (Å²) in [7, 11) is 3.05. The lowest BCUT2D eigenvalue weighted by atomic mass is 9.78. The molecule has 1 saturated carbocycles. The van der Waals surface area contributed by atoms with Gasteiger partial charge in [0.15, 0.2) is 5.78 Å². The number of Topliss-reactive ketones (excluding diaryl/α,β-unsaturated/α-hetero) is 2. The van der Waals surface area contributed by atoms with Crippen LogP contribution in [0.3, 0.4) is 0 Å². The molecule has 14 heteroatoms. The van der Waals surface area contributed by atoms with Crippen molar-refractivity contribution in [3.63, 3.8) is 0 Å². The lowest BCUT2D eigenvalue weighted by Gasteiger charge is -2.43. The monoisotopic (exact) mass is 995 g/mol. The number of carbonyl (C=O) groups excluding carboxylic acids is 4. The third-order valence-electron chi connectivity index (χ3n) is 15.5. The summed E-state index contributed by atoms with van der Waals surface area (Å²) in [5.74, 6) is -6.24. The van der Waals surface area contributed by atoms with Gasteiger partial charge in [-0.15, -0.1) is 0 Å². The topological polar surface area (TPSA) is 181 Å². The molecule has 1 aromatic rings. The van der Waals surface area contributed by atoms with Crippen LogP contribution in [0.2, 0.25) is 5.02 Å². The van der Waals surface area contributed by atoms with Crippen molar-refractivity contribution in [3.8, 4) is 0 Å². The van der Waals surface area contributed by atoms with Crippen LogP contribution in [0.4, 0.5) is 5.69 Å². The first kappa shape index (κ1) is 57.2. The molecular formula is C56H83ClN2O11. The highest BCUT2D eigenvalue weighted by Crippen LogP contribution is 2.38.